The smallest absolute Gasteiger partial charge is 0.322 e. The number of carboxylic acid groups (broad SMARTS) is 1. The lowest BCUT2D eigenvalue weighted by Gasteiger charge is -2.31. The first-order valence-electron chi connectivity index (χ1n) is 13.3. The molecule has 35 heavy (non-hydrogen) atoms. The van der Waals surface area contributed by atoms with Crippen molar-refractivity contribution in [1.29, 1.82) is 5.26 Å². The van der Waals surface area contributed by atoms with Crippen molar-refractivity contribution < 1.29 is 9.90 Å². The molecule has 0 saturated heterocycles. The zero-order valence-corrected chi connectivity index (χ0v) is 21.3. The van der Waals surface area contributed by atoms with Crippen LogP contribution in [0.1, 0.15) is 93.4 Å². The Balaban J connectivity index is 1.87. The van der Waals surface area contributed by atoms with Crippen molar-refractivity contribution in [2.24, 2.45) is 0 Å². The van der Waals surface area contributed by atoms with Crippen molar-refractivity contribution in [1.82, 2.24) is 0 Å². The first-order valence-corrected chi connectivity index (χ1v) is 13.3. The Hall–Kier alpha value is -3.12. The lowest BCUT2D eigenvalue weighted by atomic mass is 9.70. The van der Waals surface area contributed by atoms with E-state index in [4.69, 9.17) is 0 Å². The van der Waals surface area contributed by atoms with Gasteiger partial charge in [0.1, 0.15) is 5.41 Å². The van der Waals surface area contributed by atoms with Crippen LogP contribution in [-0.4, -0.2) is 11.1 Å². The quantitative estimate of drug-likeness (QED) is 0.238. The van der Waals surface area contributed by atoms with E-state index in [-0.39, 0.29) is 5.92 Å². The van der Waals surface area contributed by atoms with E-state index in [0.29, 0.717) is 5.57 Å². The van der Waals surface area contributed by atoms with Gasteiger partial charge in [0.15, 0.2) is 0 Å². The summed E-state index contributed by atoms with van der Waals surface area (Å²) in [6.45, 7) is 4.41. The van der Waals surface area contributed by atoms with Crippen LogP contribution in [0.25, 0.3) is 0 Å². The van der Waals surface area contributed by atoms with Gasteiger partial charge < -0.3 is 5.11 Å². The molecular weight excluding hydrogens is 430 g/mol. The Morgan fingerprint density at radius 3 is 2.26 bits per heavy atom. The number of aryl methyl sites for hydroxylation is 2. The van der Waals surface area contributed by atoms with Gasteiger partial charge in [0.2, 0.25) is 0 Å². The third kappa shape index (κ3) is 6.51. The molecule has 1 aliphatic carbocycles. The number of rotatable bonds is 13. The Morgan fingerprint density at radius 1 is 0.914 bits per heavy atom. The monoisotopic (exact) mass is 469 g/mol. The topological polar surface area (TPSA) is 61.1 Å². The van der Waals surface area contributed by atoms with Crippen LogP contribution in [0.4, 0.5) is 0 Å². The summed E-state index contributed by atoms with van der Waals surface area (Å²) in [5, 5.41) is 20.4. The molecule has 3 heteroatoms. The molecule has 184 valence electrons. The van der Waals surface area contributed by atoms with E-state index in [0.717, 1.165) is 42.4 Å². The van der Waals surface area contributed by atoms with Gasteiger partial charge in [-0.15, -0.1) is 0 Å². The van der Waals surface area contributed by atoms with Crippen LogP contribution in [0.2, 0.25) is 0 Å². The maximum absolute atomic E-state index is 12.7. The second kappa shape index (κ2) is 13.1. The van der Waals surface area contributed by atoms with Crippen molar-refractivity contribution in [2.75, 3.05) is 0 Å². The molecule has 1 N–H and O–H groups in total. The van der Waals surface area contributed by atoms with Crippen molar-refractivity contribution in [2.45, 2.75) is 89.4 Å². The van der Waals surface area contributed by atoms with Gasteiger partial charge in [-0.3, -0.25) is 4.79 Å². The molecule has 2 atom stereocenters. The largest absolute Gasteiger partial charge is 0.480 e. The molecule has 0 aromatic heterocycles. The number of nitrogens with zero attached hydrogens (tertiary/aromatic N) is 1. The van der Waals surface area contributed by atoms with E-state index < -0.39 is 11.4 Å². The Labute approximate surface area is 211 Å². The maximum Gasteiger partial charge on any atom is 0.322 e. The molecule has 0 amide bonds. The van der Waals surface area contributed by atoms with Gasteiger partial charge in [-0.05, 0) is 54.0 Å². The molecule has 2 unspecified atom stereocenters. The van der Waals surface area contributed by atoms with Gasteiger partial charge in [-0.1, -0.05) is 113 Å². The lowest BCUT2D eigenvalue weighted by Crippen LogP contribution is -2.35. The fraction of sp³-hybridized carbons (Fsp3) is 0.438. The maximum atomic E-state index is 12.7. The predicted octanol–water partition coefficient (Wildman–Crippen LogP) is 8.06. The standard InChI is InChI=1S/C32H39NO2/c1-3-5-7-8-10-14-27-15-11-12-16-30(27)32(31(34)35)22-21-29(28(23-32)24-33)26-19-17-25(18-20-26)13-9-6-4-2/h11-12,15-23,29H,3-10,13-14H2,1-2H3,(H,34,35). The molecular formula is C32H39NO2. The van der Waals surface area contributed by atoms with E-state index in [1.165, 1.54) is 44.1 Å². The highest BCUT2D eigenvalue weighted by atomic mass is 16.4. The van der Waals surface area contributed by atoms with Gasteiger partial charge in [0.05, 0.1) is 6.07 Å². The second-order valence-corrected chi connectivity index (χ2v) is 9.74. The molecule has 2 aromatic carbocycles. The fourth-order valence-corrected chi connectivity index (χ4v) is 5.07. The fourth-order valence-electron chi connectivity index (χ4n) is 5.07. The van der Waals surface area contributed by atoms with Crippen LogP contribution in [-0.2, 0) is 23.1 Å². The molecule has 0 radical (unpaired) electrons. The first kappa shape index (κ1) is 26.5. The number of unbranched alkanes of at least 4 members (excludes halogenated alkanes) is 6. The minimum Gasteiger partial charge on any atom is -0.480 e. The average Bonchev–Trinajstić information content (AvgIpc) is 2.89. The third-order valence-electron chi connectivity index (χ3n) is 7.17. The van der Waals surface area contributed by atoms with Gasteiger partial charge in [0, 0.05) is 11.5 Å². The van der Waals surface area contributed by atoms with E-state index >= 15 is 0 Å². The number of aliphatic carboxylic acids is 1. The van der Waals surface area contributed by atoms with Crippen LogP contribution in [0, 0.1) is 11.3 Å². The van der Waals surface area contributed by atoms with Crippen LogP contribution < -0.4 is 0 Å². The summed E-state index contributed by atoms with van der Waals surface area (Å²) in [4.78, 5) is 12.7. The normalized spacial score (nSPS) is 19.2. The highest BCUT2D eigenvalue weighted by molar-refractivity contribution is 5.88. The third-order valence-corrected chi connectivity index (χ3v) is 7.17. The Bertz CT molecular complexity index is 1070. The number of nitriles is 1. The SMILES string of the molecule is CCCCCCCc1ccccc1C1(C(=O)O)C=CC(c2ccc(CCCCC)cc2)C(C#N)=C1. The Morgan fingerprint density at radius 2 is 1.57 bits per heavy atom. The second-order valence-electron chi connectivity index (χ2n) is 9.74. The molecule has 0 heterocycles. The van der Waals surface area contributed by atoms with Crippen molar-refractivity contribution in [3.05, 3.63) is 94.6 Å². The molecule has 3 rings (SSSR count). The molecule has 3 nitrogen and oxygen atoms in total. The number of carbonyl (C=O) groups is 1. The lowest BCUT2D eigenvalue weighted by molar-refractivity contribution is -0.140. The van der Waals surface area contributed by atoms with Gasteiger partial charge in [-0.25, -0.2) is 0 Å². The summed E-state index contributed by atoms with van der Waals surface area (Å²) in [6, 6.07) is 18.6. The molecule has 0 saturated carbocycles. The van der Waals surface area contributed by atoms with Crippen LogP contribution in [0.15, 0.2) is 72.3 Å². The summed E-state index contributed by atoms with van der Waals surface area (Å²) in [6.07, 6.45) is 16.8. The minimum atomic E-state index is -1.32. The molecule has 0 bridgehead atoms. The number of hydrogen-bond donors (Lipinski definition) is 1. The zero-order valence-electron chi connectivity index (χ0n) is 21.3. The summed E-state index contributed by atoms with van der Waals surface area (Å²) >= 11 is 0. The van der Waals surface area contributed by atoms with Crippen LogP contribution in [0.3, 0.4) is 0 Å². The first-order chi connectivity index (χ1) is 17.1. The van der Waals surface area contributed by atoms with Crippen LogP contribution in [0.5, 0.6) is 0 Å². The van der Waals surface area contributed by atoms with E-state index in [1.54, 1.807) is 12.2 Å². The molecule has 0 spiro atoms. The van der Waals surface area contributed by atoms with Crippen molar-refractivity contribution >= 4 is 5.97 Å². The summed E-state index contributed by atoms with van der Waals surface area (Å²) in [5.41, 5.74) is 3.33. The molecule has 0 fully saturated rings. The number of carboxylic acids is 1. The summed E-state index contributed by atoms with van der Waals surface area (Å²) in [5.74, 6) is -1.16. The van der Waals surface area contributed by atoms with Crippen molar-refractivity contribution in [3.8, 4) is 6.07 Å². The molecule has 2 aromatic rings. The number of benzene rings is 2. The van der Waals surface area contributed by atoms with E-state index in [9.17, 15) is 15.2 Å². The number of hydrogen-bond acceptors (Lipinski definition) is 2. The minimum absolute atomic E-state index is 0.224. The van der Waals surface area contributed by atoms with Crippen molar-refractivity contribution in [3.63, 3.8) is 0 Å². The highest BCUT2D eigenvalue weighted by Crippen LogP contribution is 2.41. The molecule has 1 aliphatic rings. The predicted molar refractivity (Wildman–Crippen MR) is 143 cm³/mol. The zero-order chi connectivity index (χ0) is 25.1. The summed E-state index contributed by atoms with van der Waals surface area (Å²) < 4.78 is 0. The number of allylic oxidation sites excluding steroid dienone is 2. The van der Waals surface area contributed by atoms with Gasteiger partial charge in [0.25, 0.3) is 0 Å². The van der Waals surface area contributed by atoms with Gasteiger partial charge >= 0.3 is 5.97 Å². The average molecular weight is 470 g/mol. The van der Waals surface area contributed by atoms with E-state index in [2.05, 4.69) is 44.2 Å². The van der Waals surface area contributed by atoms with Crippen LogP contribution >= 0.6 is 0 Å². The highest BCUT2D eigenvalue weighted by Gasteiger charge is 2.41. The summed E-state index contributed by atoms with van der Waals surface area (Å²) in [7, 11) is 0. The Kier molecular flexibility index (Phi) is 9.91. The molecule has 0 aliphatic heterocycles. The van der Waals surface area contributed by atoms with Gasteiger partial charge in [-0.2, -0.15) is 5.26 Å². The van der Waals surface area contributed by atoms with E-state index in [1.807, 2.05) is 30.3 Å².